The summed E-state index contributed by atoms with van der Waals surface area (Å²) in [6, 6.07) is 3.41. The lowest BCUT2D eigenvalue weighted by Gasteiger charge is -2.17. The van der Waals surface area contributed by atoms with Crippen molar-refractivity contribution in [1.82, 2.24) is 4.98 Å². The maximum atomic E-state index is 12.0. The van der Waals surface area contributed by atoms with Crippen molar-refractivity contribution in [2.75, 3.05) is 11.9 Å². The van der Waals surface area contributed by atoms with Crippen LogP contribution in [0.2, 0.25) is 5.15 Å². The van der Waals surface area contributed by atoms with Gasteiger partial charge in [0.05, 0.1) is 11.9 Å². The van der Waals surface area contributed by atoms with E-state index in [9.17, 15) is 4.79 Å². The molecule has 4 nitrogen and oxygen atoms in total. The van der Waals surface area contributed by atoms with Crippen molar-refractivity contribution in [1.29, 1.82) is 0 Å². The summed E-state index contributed by atoms with van der Waals surface area (Å²) in [7, 11) is 0. The predicted molar refractivity (Wildman–Crippen MR) is 67.8 cm³/mol. The van der Waals surface area contributed by atoms with Crippen LogP contribution in [0.5, 0.6) is 0 Å². The molecule has 92 valence electrons. The lowest BCUT2D eigenvalue weighted by molar-refractivity contribution is -0.120. The number of anilines is 1. The van der Waals surface area contributed by atoms with Gasteiger partial charge >= 0.3 is 0 Å². The summed E-state index contributed by atoms with van der Waals surface area (Å²) in [5.41, 5.74) is 6.35. The number of carbonyl (C=O) groups excluding carboxylic acids is 1. The Balaban J connectivity index is 1.99. The molecule has 17 heavy (non-hydrogen) atoms. The van der Waals surface area contributed by atoms with E-state index in [1.807, 2.05) is 0 Å². The number of halogens is 1. The molecule has 1 aliphatic rings. The number of hydrogen-bond donors (Lipinski definition) is 2. The Kier molecular flexibility index (Phi) is 3.97. The van der Waals surface area contributed by atoms with Crippen molar-refractivity contribution in [3.63, 3.8) is 0 Å². The number of nitrogens with zero attached hydrogens (tertiary/aromatic N) is 1. The number of pyridine rings is 1. The van der Waals surface area contributed by atoms with Crippen LogP contribution in [0.15, 0.2) is 18.3 Å². The number of hydrogen-bond acceptors (Lipinski definition) is 3. The summed E-state index contributed by atoms with van der Waals surface area (Å²) >= 11 is 5.68. The third kappa shape index (κ3) is 2.96. The third-order valence-corrected chi connectivity index (χ3v) is 3.52. The Hall–Kier alpha value is -1.13. The number of nitrogens with one attached hydrogen (secondary N) is 1. The van der Waals surface area contributed by atoms with Crippen molar-refractivity contribution in [3.05, 3.63) is 23.5 Å². The zero-order valence-electron chi connectivity index (χ0n) is 9.53. The molecule has 0 bridgehead atoms. The van der Waals surface area contributed by atoms with Crippen LogP contribution in [0, 0.1) is 11.8 Å². The van der Waals surface area contributed by atoms with Gasteiger partial charge in [-0.1, -0.05) is 18.0 Å². The van der Waals surface area contributed by atoms with E-state index in [1.54, 1.807) is 18.3 Å². The summed E-state index contributed by atoms with van der Waals surface area (Å²) in [5.74, 6) is 0.396. The fraction of sp³-hybridized carbons (Fsp3) is 0.500. The van der Waals surface area contributed by atoms with E-state index in [1.165, 1.54) is 0 Å². The maximum absolute atomic E-state index is 12.0. The number of carbonyl (C=O) groups is 1. The van der Waals surface area contributed by atoms with Gasteiger partial charge in [-0.05, 0) is 37.4 Å². The summed E-state index contributed by atoms with van der Waals surface area (Å²) in [5, 5.41) is 3.28. The quantitative estimate of drug-likeness (QED) is 0.810. The van der Waals surface area contributed by atoms with Gasteiger partial charge in [-0.25, -0.2) is 4.98 Å². The molecule has 0 radical (unpaired) electrons. The topological polar surface area (TPSA) is 68.0 Å². The van der Waals surface area contributed by atoms with Crippen LogP contribution in [0.3, 0.4) is 0 Å². The van der Waals surface area contributed by atoms with Gasteiger partial charge in [-0.15, -0.1) is 0 Å². The molecule has 1 aromatic rings. The van der Waals surface area contributed by atoms with Gasteiger partial charge < -0.3 is 11.1 Å². The molecule has 3 N–H and O–H groups in total. The van der Waals surface area contributed by atoms with Crippen molar-refractivity contribution < 1.29 is 4.79 Å². The molecule has 1 heterocycles. The van der Waals surface area contributed by atoms with Crippen LogP contribution in [0.4, 0.5) is 5.69 Å². The second-order valence-corrected chi connectivity index (χ2v) is 4.78. The van der Waals surface area contributed by atoms with Crippen LogP contribution in [0.25, 0.3) is 0 Å². The van der Waals surface area contributed by atoms with Crippen molar-refractivity contribution in [2.45, 2.75) is 19.3 Å². The Bertz CT molecular complexity index is 393. The summed E-state index contributed by atoms with van der Waals surface area (Å²) in [4.78, 5) is 16.0. The Morgan fingerprint density at radius 1 is 1.53 bits per heavy atom. The molecule has 1 amide bonds. The molecule has 0 saturated heterocycles. The highest BCUT2D eigenvalue weighted by atomic mass is 35.5. The van der Waals surface area contributed by atoms with E-state index >= 15 is 0 Å². The van der Waals surface area contributed by atoms with Gasteiger partial charge in [0.2, 0.25) is 5.91 Å². The molecule has 2 unspecified atom stereocenters. The van der Waals surface area contributed by atoms with E-state index in [2.05, 4.69) is 10.3 Å². The van der Waals surface area contributed by atoms with Crippen LogP contribution >= 0.6 is 11.6 Å². The molecule has 1 aliphatic carbocycles. The first-order valence-corrected chi connectivity index (χ1v) is 6.21. The standard InChI is InChI=1S/C12H16ClN3O/c13-11-5-4-9(7-15-11)16-12(17)10-3-1-2-8(10)6-14/h4-5,7-8,10H,1-3,6,14H2,(H,16,17). The van der Waals surface area contributed by atoms with E-state index in [-0.39, 0.29) is 11.8 Å². The molecule has 5 heteroatoms. The fourth-order valence-corrected chi connectivity index (χ4v) is 2.46. The molecule has 1 aromatic heterocycles. The van der Waals surface area contributed by atoms with Gasteiger partial charge in [-0.2, -0.15) is 0 Å². The van der Waals surface area contributed by atoms with E-state index < -0.39 is 0 Å². The van der Waals surface area contributed by atoms with Crippen LogP contribution in [-0.4, -0.2) is 17.4 Å². The first-order valence-electron chi connectivity index (χ1n) is 5.83. The molecular formula is C12H16ClN3O. The molecule has 2 atom stereocenters. The first-order chi connectivity index (χ1) is 8.20. The van der Waals surface area contributed by atoms with Crippen molar-refractivity contribution in [2.24, 2.45) is 17.6 Å². The summed E-state index contributed by atoms with van der Waals surface area (Å²) in [6.07, 6.45) is 4.62. The molecule has 0 aromatic carbocycles. The lowest BCUT2D eigenvalue weighted by atomic mass is 9.95. The monoisotopic (exact) mass is 253 g/mol. The highest BCUT2D eigenvalue weighted by Gasteiger charge is 2.31. The first kappa shape index (κ1) is 12.3. The number of rotatable bonds is 3. The van der Waals surface area contributed by atoms with Gasteiger partial charge in [-0.3, -0.25) is 4.79 Å². The third-order valence-electron chi connectivity index (χ3n) is 3.29. The summed E-state index contributed by atoms with van der Waals surface area (Å²) < 4.78 is 0. The SMILES string of the molecule is NCC1CCCC1C(=O)Nc1ccc(Cl)nc1. The highest BCUT2D eigenvalue weighted by molar-refractivity contribution is 6.29. The number of nitrogens with two attached hydrogens (primary N) is 1. The van der Waals surface area contributed by atoms with Crippen LogP contribution in [-0.2, 0) is 4.79 Å². The molecule has 2 rings (SSSR count). The minimum Gasteiger partial charge on any atom is -0.330 e. The van der Waals surface area contributed by atoms with Crippen LogP contribution < -0.4 is 11.1 Å². The van der Waals surface area contributed by atoms with Crippen LogP contribution in [0.1, 0.15) is 19.3 Å². The van der Waals surface area contributed by atoms with Gasteiger partial charge in [0.1, 0.15) is 5.15 Å². The molecule has 0 spiro atoms. The second-order valence-electron chi connectivity index (χ2n) is 4.39. The largest absolute Gasteiger partial charge is 0.330 e. The average Bonchev–Trinajstić information content (AvgIpc) is 2.80. The van der Waals surface area contributed by atoms with Gasteiger partial charge in [0.25, 0.3) is 0 Å². The van der Waals surface area contributed by atoms with Gasteiger partial charge in [0, 0.05) is 5.92 Å². The molecule has 1 fully saturated rings. The van der Waals surface area contributed by atoms with E-state index in [0.29, 0.717) is 23.3 Å². The zero-order chi connectivity index (χ0) is 12.3. The average molecular weight is 254 g/mol. The Labute approximate surface area is 106 Å². The predicted octanol–water partition coefficient (Wildman–Crippen LogP) is 2.05. The molecule has 1 saturated carbocycles. The number of amides is 1. The Morgan fingerprint density at radius 2 is 2.35 bits per heavy atom. The lowest BCUT2D eigenvalue weighted by Crippen LogP contribution is -2.29. The summed E-state index contributed by atoms with van der Waals surface area (Å²) in [6.45, 7) is 0.580. The number of aromatic nitrogens is 1. The smallest absolute Gasteiger partial charge is 0.227 e. The zero-order valence-corrected chi connectivity index (χ0v) is 10.3. The van der Waals surface area contributed by atoms with Crippen molar-refractivity contribution in [3.8, 4) is 0 Å². The minimum absolute atomic E-state index is 0.0377. The van der Waals surface area contributed by atoms with E-state index in [0.717, 1.165) is 19.3 Å². The molecular weight excluding hydrogens is 238 g/mol. The van der Waals surface area contributed by atoms with E-state index in [4.69, 9.17) is 17.3 Å². The Morgan fingerprint density at radius 3 is 3.00 bits per heavy atom. The normalized spacial score (nSPS) is 23.6. The molecule has 0 aliphatic heterocycles. The minimum atomic E-state index is 0.0377. The maximum Gasteiger partial charge on any atom is 0.227 e. The highest BCUT2D eigenvalue weighted by Crippen LogP contribution is 2.31. The van der Waals surface area contributed by atoms with Gasteiger partial charge in [0.15, 0.2) is 0 Å². The second kappa shape index (κ2) is 5.47. The fourth-order valence-electron chi connectivity index (χ4n) is 2.35. The van der Waals surface area contributed by atoms with Crippen molar-refractivity contribution >= 4 is 23.2 Å².